The predicted molar refractivity (Wildman–Crippen MR) is 150 cm³/mol. The molecule has 0 bridgehead atoms. The van der Waals surface area contributed by atoms with Gasteiger partial charge >= 0.3 is 0 Å². The normalized spacial score (nSPS) is 11.4. The standard InChI is InChI=1S/C33H18F4N4/c34-23-9-21(10-24(35)15-23)19-5-7-31-28(13-19)29-14-20(22-11-25(36)16-26(37)12-22)6-8-32(29)41(31)30-4-2-1-3-27(30)33-39-17-38-18-40-33/h1-18H. The molecule has 5 aromatic carbocycles. The van der Waals surface area contributed by atoms with Gasteiger partial charge in [-0.25, -0.2) is 32.5 Å². The van der Waals surface area contributed by atoms with Crippen LogP contribution in [0.3, 0.4) is 0 Å². The molecule has 0 radical (unpaired) electrons. The van der Waals surface area contributed by atoms with Crippen LogP contribution in [0.2, 0.25) is 0 Å². The highest BCUT2D eigenvalue weighted by Gasteiger charge is 2.18. The summed E-state index contributed by atoms with van der Waals surface area (Å²) in [6.45, 7) is 0. The molecule has 0 fully saturated rings. The van der Waals surface area contributed by atoms with Gasteiger partial charge in [0.25, 0.3) is 0 Å². The molecule has 198 valence electrons. The quantitative estimate of drug-likeness (QED) is 0.208. The summed E-state index contributed by atoms with van der Waals surface area (Å²) in [5, 5.41) is 1.57. The van der Waals surface area contributed by atoms with E-state index in [0.29, 0.717) is 28.1 Å². The average Bonchev–Trinajstić information content (AvgIpc) is 3.29. The SMILES string of the molecule is Fc1cc(F)cc(-c2ccc3c(c2)c2cc(-c4cc(F)cc(F)c4)ccc2n3-c2ccccc2-c2ncncn2)c1. The highest BCUT2D eigenvalue weighted by molar-refractivity contribution is 6.12. The predicted octanol–water partition coefficient (Wildman–Crippen LogP) is 8.53. The van der Waals surface area contributed by atoms with E-state index in [9.17, 15) is 17.6 Å². The monoisotopic (exact) mass is 546 g/mol. The van der Waals surface area contributed by atoms with Gasteiger partial charge in [0.05, 0.1) is 16.7 Å². The highest BCUT2D eigenvalue weighted by atomic mass is 19.1. The van der Waals surface area contributed by atoms with E-state index < -0.39 is 23.3 Å². The van der Waals surface area contributed by atoms with Crippen LogP contribution in [0, 0.1) is 23.3 Å². The maximum absolute atomic E-state index is 14.1. The summed E-state index contributed by atoms with van der Waals surface area (Å²) in [6.07, 6.45) is 2.86. The summed E-state index contributed by atoms with van der Waals surface area (Å²) in [6, 6.07) is 25.6. The molecule has 0 spiro atoms. The van der Waals surface area contributed by atoms with Gasteiger partial charge in [-0.3, -0.25) is 0 Å². The molecule has 4 nitrogen and oxygen atoms in total. The van der Waals surface area contributed by atoms with Crippen LogP contribution < -0.4 is 0 Å². The Hall–Kier alpha value is -5.37. The van der Waals surface area contributed by atoms with Crippen LogP contribution in [0.4, 0.5) is 17.6 Å². The first kappa shape index (κ1) is 24.7. The van der Waals surface area contributed by atoms with Gasteiger partial charge in [0.2, 0.25) is 0 Å². The van der Waals surface area contributed by atoms with Crippen molar-refractivity contribution in [2.45, 2.75) is 0 Å². The molecule has 0 aliphatic heterocycles. The summed E-state index contributed by atoms with van der Waals surface area (Å²) in [4.78, 5) is 12.6. The lowest BCUT2D eigenvalue weighted by atomic mass is 10.00. The van der Waals surface area contributed by atoms with E-state index in [2.05, 4.69) is 19.5 Å². The van der Waals surface area contributed by atoms with Crippen molar-refractivity contribution in [2.75, 3.05) is 0 Å². The smallest absolute Gasteiger partial charge is 0.164 e. The first-order valence-electron chi connectivity index (χ1n) is 12.7. The molecule has 0 aliphatic rings. The van der Waals surface area contributed by atoms with Crippen molar-refractivity contribution in [2.24, 2.45) is 0 Å². The van der Waals surface area contributed by atoms with Crippen LogP contribution in [-0.4, -0.2) is 19.5 Å². The lowest BCUT2D eigenvalue weighted by molar-refractivity contribution is 0.583. The fourth-order valence-electron chi connectivity index (χ4n) is 5.32. The van der Waals surface area contributed by atoms with Crippen LogP contribution in [0.25, 0.3) is 61.1 Å². The zero-order valence-corrected chi connectivity index (χ0v) is 21.2. The summed E-state index contributed by atoms with van der Waals surface area (Å²) < 4.78 is 58.4. The first-order valence-corrected chi connectivity index (χ1v) is 12.7. The van der Waals surface area contributed by atoms with E-state index >= 15 is 0 Å². The molecule has 2 aromatic heterocycles. The minimum absolute atomic E-state index is 0.388. The fraction of sp³-hybridized carbons (Fsp3) is 0. The molecule has 7 rings (SSSR count). The van der Waals surface area contributed by atoms with E-state index in [1.54, 1.807) is 12.1 Å². The van der Waals surface area contributed by atoms with Crippen molar-refractivity contribution in [3.63, 3.8) is 0 Å². The van der Waals surface area contributed by atoms with Gasteiger partial charge in [0.15, 0.2) is 5.82 Å². The van der Waals surface area contributed by atoms with Crippen LogP contribution in [0.5, 0.6) is 0 Å². The third kappa shape index (κ3) is 4.39. The minimum atomic E-state index is -0.677. The van der Waals surface area contributed by atoms with E-state index in [0.717, 1.165) is 45.2 Å². The zero-order valence-electron chi connectivity index (χ0n) is 21.2. The Morgan fingerprint density at radius 1 is 0.488 bits per heavy atom. The number of rotatable bonds is 4. The summed E-state index contributed by atoms with van der Waals surface area (Å²) in [5.74, 6) is -2.22. The van der Waals surface area contributed by atoms with Crippen molar-refractivity contribution in [1.82, 2.24) is 19.5 Å². The Balaban J connectivity index is 1.54. The number of para-hydroxylation sites is 1. The van der Waals surface area contributed by atoms with Crippen molar-refractivity contribution in [1.29, 1.82) is 0 Å². The summed E-state index contributed by atoms with van der Waals surface area (Å²) in [5.41, 5.74) is 5.19. The number of aromatic nitrogens is 4. The second-order valence-corrected chi connectivity index (χ2v) is 9.59. The van der Waals surface area contributed by atoms with E-state index in [1.807, 2.05) is 48.5 Å². The number of halogens is 4. The van der Waals surface area contributed by atoms with Crippen molar-refractivity contribution in [3.05, 3.63) is 133 Å². The van der Waals surface area contributed by atoms with Gasteiger partial charge in [-0.15, -0.1) is 0 Å². The van der Waals surface area contributed by atoms with E-state index in [1.165, 1.54) is 36.9 Å². The number of fused-ring (bicyclic) bond motifs is 3. The van der Waals surface area contributed by atoms with Crippen molar-refractivity contribution < 1.29 is 17.6 Å². The molecule has 0 unspecified atom stereocenters. The molecule has 2 heterocycles. The highest BCUT2D eigenvalue weighted by Crippen LogP contribution is 2.39. The van der Waals surface area contributed by atoms with E-state index in [-0.39, 0.29) is 0 Å². The molecule has 0 saturated carbocycles. The molecule has 7 aromatic rings. The average molecular weight is 547 g/mol. The summed E-state index contributed by atoms with van der Waals surface area (Å²) >= 11 is 0. The third-order valence-electron chi connectivity index (χ3n) is 7.04. The fourth-order valence-corrected chi connectivity index (χ4v) is 5.32. The van der Waals surface area contributed by atoms with Gasteiger partial charge in [-0.2, -0.15) is 0 Å². The molecule has 0 amide bonds. The molecule has 8 heteroatoms. The van der Waals surface area contributed by atoms with Crippen molar-refractivity contribution >= 4 is 21.8 Å². The molecule has 0 N–H and O–H groups in total. The Morgan fingerprint density at radius 2 is 0.976 bits per heavy atom. The minimum Gasteiger partial charge on any atom is -0.309 e. The maximum atomic E-state index is 14.1. The van der Waals surface area contributed by atoms with Gasteiger partial charge in [0, 0.05) is 28.5 Å². The molecule has 0 aliphatic carbocycles. The lowest BCUT2D eigenvalue weighted by Crippen LogP contribution is -1.99. The second kappa shape index (κ2) is 9.67. The zero-order chi connectivity index (χ0) is 28.1. The largest absolute Gasteiger partial charge is 0.309 e. The molecule has 0 atom stereocenters. The Labute approximate surface area is 231 Å². The van der Waals surface area contributed by atoms with Gasteiger partial charge in [0.1, 0.15) is 35.9 Å². The van der Waals surface area contributed by atoms with Crippen LogP contribution in [0.1, 0.15) is 0 Å². The number of hydrogen-bond acceptors (Lipinski definition) is 3. The topological polar surface area (TPSA) is 43.6 Å². The van der Waals surface area contributed by atoms with Gasteiger partial charge < -0.3 is 4.57 Å². The number of nitrogens with zero attached hydrogens (tertiary/aromatic N) is 4. The molecule has 41 heavy (non-hydrogen) atoms. The van der Waals surface area contributed by atoms with Gasteiger partial charge in [-0.1, -0.05) is 24.3 Å². The Bertz CT molecular complexity index is 1960. The lowest BCUT2D eigenvalue weighted by Gasteiger charge is -2.13. The first-order chi connectivity index (χ1) is 19.9. The molecular weight excluding hydrogens is 528 g/mol. The van der Waals surface area contributed by atoms with Crippen molar-refractivity contribution in [3.8, 4) is 39.3 Å². The van der Waals surface area contributed by atoms with E-state index in [4.69, 9.17) is 0 Å². The maximum Gasteiger partial charge on any atom is 0.164 e. The Kier molecular flexibility index (Phi) is 5.82. The van der Waals surface area contributed by atoms with Crippen LogP contribution >= 0.6 is 0 Å². The summed E-state index contributed by atoms with van der Waals surface area (Å²) in [7, 11) is 0. The van der Waals surface area contributed by atoms with Crippen LogP contribution in [0.15, 0.2) is 110 Å². The number of hydrogen-bond donors (Lipinski definition) is 0. The Morgan fingerprint density at radius 3 is 1.49 bits per heavy atom. The van der Waals surface area contributed by atoms with Gasteiger partial charge in [-0.05, 0) is 82.9 Å². The number of benzene rings is 5. The second-order valence-electron chi connectivity index (χ2n) is 9.59. The molecular formula is C33H18F4N4. The van der Waals surface area contributed by atoms with Crippen LogP contribution in [-0.2, 0) is 0 Å². The third-order valence-corrected chi connectivity index (χ3v) is 7.04. The molecule has 0 saturated heterocycles.